The van der Waals surface area contributed by atoms with Crippen molar-refractivity contribution in [3.63, 3.8) is 0 Å². The summed E-state index contributed by atoms with van der Waals surface area (Å²) in [6.45, 7) is 0. The van der Waals surface area contributed by atoms with Gasteiger partial charge in [-0.3, -0.25) is 10.0 Å². The third-order valence-electron chi connectivity index (χ3n) is 3.93. The molecule has 1 heterocycles. The first-order valence-corrected chi connectivity index (χ1v) is 7.38. The Morgan fingerprint density at radius 3 is 2.35 bits per heavy atom. The molecule has 7 N–H and O–H groups in total. The van der Waals surface area contributed by atoms with Gasteiger partial charge in [0, 0.05) is 11.1 Å². The van der Waals surface area contributed by atoms with E-state index in [0.717, 1.165) is 18.2 Å². The van der Waals surface area contributed by atoms with E-state index < -0.39 is 35.2 Å². The summed E-state index contributed by atoms with van der Waals surface area (Å²) >= 11 is 0. The summed E-state index contributed by atoms with van der Waals surface area (Å²) in [5, 5.41) is 58.2. The fourth-order valence-corrected chi connectivity index (χ4v) is 2.71. The van der Waals surface area contributed by atoms with Crippen molar-refractivity contribution in [1.82, 2.24) is 5.48 Å². The van der Waals surface area contributed by atoms with Crippen molar-refractivity contribution in [2.24, 2.45) is 0 Å². The lowest BCUT2D eigenvalue weighted by molar-refractivity contribution is -0.133. The standard InChI is InChI=1S/C17H15NO8/c19-9-1-2-13-10(5-9)17(24,7-15(22)18-25)6-14(26-13)8-3-11(20)16(23)12(21)4-8/h1-6,19-21,23-25H,7H2,(H,18,22). The quantitative estimate of drug-likeness (QED) is 0.242. The number of rotatable bonds is 3. The number of hydrogen-bond acceptors (Lipinski definition) is 8. The lowest BCUT2D eigenvalue weighted by atomic mass is 9.86. The minimum atomic E-state index is -1.96. The summed E-state index contributed by atoms with van der Waals surface area (Å²) in [5.41, 5.74) is -0.351. The maximum atomic E-state index is 11.6. The van der Waals surface area contributed by atoms with Gasteiger partial charge in [0.25, 0.3) is 0 Å². The predicted octanol–water partition coefficient (Wildman–Crippen LogP) is 1.03. The number of fused-ring (bicyclic) bond motifs is 1. The van der Waals surface area contributed by atoms with Gasteiger partial charge in [-0.05, 0) is 36.4 Å². The van der Waals surface area contributed by atoms with Crippen molar-refractivity contribution in [3.8, 4) is 28.7 Å². The number of phenolic OH excluding ortho intramolecular Hbond substituents is 4. The predicted molar refractivity (Wildman–Crippen MR) is 86.6 cm³/mol. The topological polar surface area (TPSA) is 160 Å². The molecule has 0 radical (unpaired) electrons. The second-order valence-electron chi connectivity index (χ2n) is 5.79. The Morgan fingerprint density at radius 2 is 1.73 bits per heavy atom. The largest absolute Gasteiger partial charge is 0.508 e. The molecule has 0 saturated heterocycles. The molecule has 0 fully saturated rings. The maximum Gasteiger partial charge on any atom is 0.246 e. The fraction of sp³-hybridized carbons (Fsp3) is 0.118. The summed E-state index contributed by atoms with van der Waals surface area (Å²) in [4.78, 5) is 11.6. The van der Waals surface area contributed by atoms with E-state index in [0.29, 0.717) is 0 Å². The molecule has 0 aromatic heterocycles. The van der Waals surface area contributed by atoms with E-state index >= 15 is 0 Å². The number of hydrogen-bond donors (Lipinski definition) is 7. The number of aromatic hydroxyl groups is 4. The van der Waals surface area contributed by atoms with Gasteiger partial charge in [-0.15, -0.1) is 0 Å². The number of carbonyl (C=O) groups excluding carboxylic acids is 1. The van der Waals surface area contributed by atoms with Gasteiger partial charge in [0.2, 0.25) is 5.91 Å². The molecule has 2 aromatic carbocycles. The van der Waals surface area contributed by atoms with Gasteiger partial charge in [0.1, 0.15) is 22.9 Å². The van der Waals surface area contributed by atoms with Crippen LogP contribution < -0.4 is 10.2 Å². The Bertz CT molecular complexity index is 900. The average Bonchev–Trinajstić information content (AvgIpc) is 2.59. The van der Waals surface area contributed by atoms with Crippen LogP contribution in [-0.4, -0.2) is 36.6 Å². The SMILES string of the molecule is O=C(CC1(O)C=C(c2cc(O)c(O)c(O)c2)Oc2ccc(O)cc21)NO. The molecular weight excluding hydrogens is 346 g/mol. The van der Waals surface area contributed by atoms with Crippen molar-refractivity contribution in [2.75, 3.05) is 0 Å². The fourth-order valence-electron chi connectivity index (χ4n) is 2.71. The van der Waals surface area contributed by atoms with Crippen molar-refractivity contribution < 1.29 is 40.3 Å². The molecule has 136 valence electrons. The Labute approximate surface area is 146 Å². The third kappa shape index (κ3) is 2.96. The van der Waals surface area contributed by atoms with Crippen LogP contribution in [0.3, 0.4) is 0 Å². The number of nitrogens with one attached hydrogen (secondary N) is 1. The molecule has 1 atom stereocenters. The van der Waals surface area contributed by atoms with Crippen LogP contribution in [0.15, 0.2) is 36.4 Å². The van der Waals surface area contributed by atoms with Crippen LogP contribution in [0.4, 0.5) is 0 Å². The number of aliphatic hydroxyl groups is 1. The number of ether oxygens (including phenoxy) is 1. The van der Waals surface area contributed by atoms with E-state index in [1.165, 1.54) is 23.7 Å². The molecule has 9 nitrogen and oxygen atoms in total. The van der Waals surface area contributed by atoms with Crippen LogP contribution in [-0.2, 0) is 10.4 Å². The minimum Gasteiger partial charge on any atom is -0.508 e. The van der Waals surface area contributed by atoms with E-state index in [1.807, 2.05) is 0 Å². The molecule has 2 aromatic rings. The smallest absolute Gasteiger partial charge is 0.246 e. The highest BCUT2D eigenvalue weighted by atomic mass is 16.5. The van der Waals surface area contributed by atoms with Crippen LogP contribution in [0.2, 0.25) is 0 Å². The highest BCUT2D eigenvalue weighted by Crippen LogP contribution is 2.45. The van der Waals surface area contributed by atoms with Crippen LogP contribution in [0, 0.1) is 0 Å². The highest BCUT2D eigenvalue weighted by Gasteiger charge is 2.38. The second-order valence-corrected chi connectivity index (χ2v) is 5.79. The van der Waals surface area contributed by atoms with Gasteiger partial charge in [0.15, 0.2) is 17.2 Å². The molecule has 1 aliphatic heterocycles. The molecule has 9 heteroatoms. The van der Waals surface area contributed by atoms with Crippen LogP contribution in [0.25, 0.3) is 5.76 Å². The molecule has 1 amide bonds. The van der Waals surface area contributed by atoms with Crippen molar-refractivity contribution in [2.45, 2.75) is 12.0 Å². The number of amides is 1. The number of hydroxylamine groups is 1. The van der Waals surface area contributed by atoms with E-state index in [1.54, 1.807) is 0 Å². The van der Waals surface area contributed by atoms with Crippen LogP contribution >= 0.6 is 0 Å². The molecule has 1 unspecified atom stereocenters. The van der Waals surface area contributed by atoms with Crippen molar-refractivity contribution >= 4 is 11.7 Å². The van der Waals surface area contributed by atoms with Gasteiger partial charge in [0.05, 0.1) is 6.42 Å². The van der Waals surface area contributed by atoms with E-state index in [2.05, 4.69) is 0 Å². The van der Waals surface area contributed by atoms with Gasteiger partial charge >= 0.3 is 0 Å². The highest BCUT2D eigenvalue weighted by molar-refractivity contribution is 5.79. The summed E-state index contributed by atoms with van der Waals surface area (Å²) < 4.78 is 5.63. The molecule has 3 rings (SSSR count). The average molecular weight is 361 g/mol. The van der Waals surface area contributed by atoms with Crippen LogP contribution in [0.5, 0.6) is 28.7 Å². The van der Waals surface area contributed by atoms with Gasteiger partial charge in [-0.2, -0.15) is 0 Å². The number of benzene rings is 2. The first kappa shape index (κ1) is 17.4. The van der Waals surface area contributed by atoms with E-state index in [-0.39, 0.29) is 28.4 Å². The normalized spacial score (nSPS) is 18.5. The Kier molecular flexibility index (Phi) is 4.10. The summed E-state index contributed by atoms with van der Waals surface area (Å²) in [6, 6.07) is 6.07. The van der Waals surface area contributed by atoms with Gasteiger partial charge in [-0.1, -0.05) is 0 Å². The summed E-state index contributed by atoms with van der Waals surface area (Å²) in [7, 11) is 0. The Balaban J connectivity index is 2.15. The molecule has 0 bridgehead atoms. The van der Waals surface area contributed by atoms with Crippen molar-refractivity contribution in [3.05, 3.63) is 47.5 Å². The van der Waals surface area contributed by atoms with Crippen LogP contribution in [0.1, 0.15) is 17.5 Å². The van der Waals surface area contributed by atoms with Crippen molar-refractivity contribution in [1.29, 1.82) is 0 Å². The number of carbonyl (C=O) groups is 1. The minimum absolute atomic E-state index is 0.0259. The Hall–Kier alpha value is -3.43. The molecule has 0 spiro atoms. The Morgan fingerprint density at radius 1 is 1.08 bits per heavy atom. The summed E-state index contributed by atoms with van der Waals surface area (Å²) in [5.74, 6) is -2.93. The van der Waals surface area contributed by atoms with E-state index in [9.17, 15) is 30.3 Å². The van der Waals surface area contributed by atoms with Gasteiger partial charge in [-0.25, -0.2) is 5.48 Å². The third-order valence-corrected chi connectivity index (χ3v) is 3.93. The summed E-state index contributed by atoms with van der Waals surface area (Å²) in [6.07, 6.45) is 0.540. The zero-order chi connectivity index (χ0) is 19.1. The molecular formula is C17H15NO8. The zero-order valence-electron chi connectivity index (χ0n) is 13.2. The maximum absolute atomic E-state index is 11.6. The van der Waals surface area contributed by atoms with Gasteiger partial charge < -0.3 is 30.3 Å². The molecule has 1 aliphatic rings. The molecule has 0 saturated carbocycles. The molecule has 0 aliphatic carbocycles. The first-order valence-electron chi connectivity index (χ1n) is 7.38. The lowest BCUT2D eigenvalue weighted by Gasteiger charge is -2.32. The first-order chi connectivity index (χ1) is 12.2. The monoisotopic (exact) mass is 361 g/mol. The molecule has 26 heavy (non-hydrogen) atoms. The number of phenols is 4. The van der Waals surface area contributed by atoms with E-state index in [4.69, 9.17) is 9.94 Å². The second kappa shape index (κ2) is 6.14. The zero-order valence-corrected chi connectivity index (χ0v) is 13.2. The lowest BCUT2D eigenvalue weighted by Crippen LogP contribution is -2.34.